The normalized spacial score (nSPS) is 15.1. The molecular formula is C41H55BO2. The molecule has 0 unspecified atom stereocenters. The van der Waals surface area contributed by atoms with Gasteiger partial charge in [-0.05, 0) is 122 Å². The average Bonchev–Trinajstić information content (AvgIpc) is 3.25. The monoisotopic (exact) mass is 590 g/mol. The van der Waals surface area contributed by atoms with Crippen molar-refractivity contribution in [3.05, 3.63) is 102 Å². The number of benzene rings is 4. The first-order chi connectivity index (χ1) is 20.8. The van der Waals surface area contributed by atoms with E-state index in [1.54, 1.807) is 7.11 Å². The lowest BCUT2D eigenvalue weighted by molar-refractivity contribution is 0.0196. The van der Waals surface area contributed by atoms with Gasteiger partial charge in [-0.15, -0.1) is 0 Å². The third kappa shape index (κ3) is 8.12. The Bertz CT molecular complexity index is 1460. The minimum atomic E-state index is -0.125. The van der Waals surface area contributed by atoms with Crippen molar-refractivity contribution in [1.82, 2.24) is 0 Å². The average molecular weight is 591 g/mol. The molecular weight excluding hydrogens is 535 g/mol. The van der Waals surface area contributed by atoms with Crippen LogP contribution in [-0.2, 0) is 9.39 Å². The van der Waals surface area contributed by atoms with Crippen LogP contribution in [0.2, 0.25) is 6.32 Å². The Labute approximate surface area is 269 Å². The topological polar surface area (TPSA) is 18.5 Å². The minimum absolute atomic E-state index is 0.0833. The predicted molar refractivity (Wildman–Crippen MR) is 194 cm³/mol. The fraction of sp³-hybridized carbons (Fsp3) is 0.415. The van der Waals surface area contributed by atoms with Crippen LogP contribution in [0.3, 0.4) is 0 Å². The maximum atomic E-state index is 6.48. The second kappa shape index (κ2) is 14.8. The van der Waals surface area contributed by atoms with E-state index in [9.17, 15) is 0 Å². The molecule has 1 saturated heterocycles. The van der Waals surface area contributed by atoms with Crippen molar-refractivity contribution in [3.63, 3.8) is 0 Å². The summed E-state index contributed by atoms with van der Waals surface area (Å²) in [5, 5.41) is 0. The molecule has 1 heterocycles. The fourth-order valence-electron chi connectivity index (χ4n) is 5.44. The fourth-order valence-corrected chi connectivity index (χ4v) is 5.44. The van der Waals surface area contributed by atoms with E-state index in [0.29, 0.717) is 0 Å². The molecule has 0 saturated carbocycles. The number of hydrogen-bond acceptors (Lipinski definition) is 2. The highest BCUT2D eigenvalue weighted by atomic mass is 16.5. The Morgan fingerprint density at radius 1 is 0.727 bits per heavy atom. The Morgan fingerprint density at radius 3 is 1.80 bits per heavy atom. The molecule has 4 aromatic carbocycles. The van der Waals surface area contributed by atoms with Crippen LogP contribution in [0.1, 0.15) is 79.9 Å². The van der Waals surface area contributed by atoms with E-state index in [1.165, 1.54) is 50.0 Å². The zero-order chi connectivity index (χ0) is 32.7. The number of rotatable bonds is 6. The van der Waals surface area contributed by atoms with Gasteiger partial charge in [0.25, 0.3) is 0 Å². The summed E-state index contributed by atoms with van der Waals surface area (Å²) in [4.78, 5) is 0. The van der Waals surface area contributed by atoms with Gasteiger partial charge in [-0.1, -0.05) is 113 Å². The smallest absolute Gasteiger partial charge is 0.327 e. The Balaban J connectivity index is 0.000000520. The lowest BCUT2D eigenvalue weighted by Crippen LogP contribution is -2.36. The highest BCUT2D eigenvalue weighted by molar-refractivity contribution is 6.68. The van der Waals surface area contributed by atoms with Gasteiger partial charge in [-0.3, -0.25) is 0 Å². The van der Waals surface area contributed by atoms with E-state index in [1.807, 2.05) is 13.8 Å². The third-order valence-corrected chi connectivity index (χ3v) is 9.71. The van der Waals surface area contributed by atoms with Crippen LogP contribution in [0.15, 0.2) is 91.0 Å². The minimum Gasteiger partial charge on any atom is -0.426 e. The summed E-state index contributed by atoms with van der Waals surface area (Å²) in [5.74, 6) is 0. The van der Waals surface area contributed by atoms with E-state index in [4.69, 9.17) is 9.39 Å². The number of ether oxygens (including phenoxy) is 1. The summed E-state index contributed by atoms with van der Waals surface area (Å²) in [6.45, 7) is 23.9. The van der Waals surface area contributed by atoms with Crippen LogP contribution in [-0.4, -0.2) is 25.2 Å². The van der Waals surface area contributed by atoms with Gasteiger partial charge in [0.15, 0.2) is 0 Å². The number of hydrogen-bond donors (Lipinski definition) is 0. The molecule has 4 aromatic rings. The highest BCUT2D eigenvalue weighted by Gasteiger charge is 2.49. The number of methoxy groups -OCH3 is 1. The van der Waals surface area contributed by atoms with E-state index < -0.39 is 0 Å². The van der Waals surface area contributed by atoms with Gasteiger partial charge in [0.2, 0.25) is 0 Å². The lowest BCUT2D eigenvalue weighted by Gasteiger charge is -2.34. The summed E-state index contributed by atoms with van der Waals surface area (Å²) in [5.41, 5.74) is 11.6. The second-order valence-electron chi connectivity index (χ2n) is 13.5. The maximum Gasteiger partial charge on any atom is 0.327 e. The molecule has 0 aliphatic carbocycles. The lowest BCUT2D eigenvalue weighted by atomic mass is 9.54. The van der Waals surface area contributed by atoms with Gasteiger partial charge < -0.3 is 9.39 Å². The van der Waals surface area contributed by atoms with E-state index in [2.05, 4.69) is 153 Å². The molecule has 44 heavy (non-hydrogen) atoms. The highest BCUT2D eigenvalue weighted by Crippen LogP contribution is 2.45. The van der Waals surface area contributed by atoms with Gasteiger partial charge in [0, 0.05) is 7.11 Å². The summed E-state index contributed by atoms with van der Waals surface area (Å²) >= 11 is 0. The first kappa shape index (κ1) is 35.3. The van der Waals surface area contributed by atoms with Crippen molar-refractivity contribution in [2.24, 2.45) is 5.41 Å². The first-order valence-corrected chi connectivity index (χ1v) is 16.4. The molecule has 0 radical (unpaired) electrons. The van der Waals surface area contributed by atoms with Crippen molar-refractivity contribution >= 4 is 12.4 Å². The molecule has 1 aliphatic heterocycles. The maximum absolute atomic E-state index is 6.48. The van der Waals surface area contributed by atoms with Crippen LogP contribution in [0.25, 0.3) is 33.4 Å². The van der Waals surface area contributed by atoms with E-state index in [0.717, 1.165) is 12.7 Å². The summed E-state index contributed by atoms with van der Waals surface area (Å²) in [6, 6.07) is 33.2. The third-order valence-electron chi connectivity index (χ3n) is 9.71. The second-order valence-corrected chi connectivity index (χ2v) is 13.5. The van der Waals surface area contributed by atoms with Crippen molar-refractivity contribution < 1.29 is 9.39 Å². The molecule has 0 N–H and O–H groups in total. The van der Waals surface area contributed by atoms with Crippen LogP contribution in [0.5, 0.6) is 0 Å². The Hall–Kier alpha value is -3.14. The predicted octanol–water partition coefficient (Wildman–Crippen LogP) is 11.2. The molecule has 0 atom stereocenters. The largest absolute Gasteiger partial charge is 0.426 e. The van der Waals surface area contributed by atoms with E-state index in [-0.39, 0.29) is 23.5 Å². The Kier molecular flexibility index (Phi) is 11.9. The molecule has 1 fully saturated rings. The van der Waals surface area contributed by atoms with Gasteiger partial charge in [0.05, 0.1) is 11.2 Å². The van der Waals surface area contributed by atoms with Crippen molar-refractivity contribution in [1.29, 1.82) is 0 Å². The van der Waals surface area contributed by atoms with Gasteiger partial charge in [-0.25, -0.2) is 0 Å². The van der Waals surface area contributed by atoms with Gasteiger partial charge in [-0.2, -0.15) is 0 Å². The van der Waals surface area contributed by atoms with Crippen molar-refractivity contribution in [2.45, 2.75) is 100 Å². The summed E-state index contributed by atoms with van der Waals surface area (Å²) in [6.07, 6.45) is 2.11. The quantitative estimate of drug-likeness (QED) is 0.208. The van der Waals surface area contributed by atoms with Crippen molar-refractivity contribution in [2.75, 3.05) is 7.11 Å². The summed E-state index contributed by atoms with van der Waals surface area (Å²) in [7, 11) is 1.74. The molecule has 0 amide bonds. The number of aryl methyl sites for hydroxylation is 1. The molecule has 0 bridgehead atoms. The summed E-state index contributed by atoms with van der Waals surface area (Å²) < 4.78 is 11.6. The van der Waals surface area contributed by atoms with Crippen LogP contribution < -0.4 is 5.46 Å². The molecule has 2 nitrogen and oxygen atoms in total. The van der Waals surface area contributed by atoms with Crippen LogP contribution >= 0.6 is 0 Å². The molecule has 0 spiro atoms. The van der Waals surface area contributed by atoms with Crippen LogP contribution in [0, 0.1) is 19.3 Å². The standard InChI is InChI=1S/C33H35BO.C6H14O.C2H6/c1-23-12-10-11-15-29(23)31-21-27(20-30(24(31)2)26-13-8-7-9-14-26)25-16-18-28(19-17-25)34-22-32(3,4)33(5,6)35-34;1-5-6(2,3)7-4;1-2/h7-21H,22H2,1-6H3;5H2,1-4H3;1-2H3. The van der Waals surface area contributed by atoms with Gasteiger partial charge in [0.1, 0.15) is 0 Å². The zero-order valence-electron chi connectivity index (χ0n) is 29.5. The molecule has 0 aromatic heterocycles. The molecule has 234 valence electrons. The Morgan fingerprint density at radius 2 is 1.30 bits per heavy atom. The van der Waals surface area contributed by atoms with Crippen molar-refractivity contribution in [3.8, 4) is 33.4 Å². The van der Waals surface area contributed by atoms with Gasteiger partial charge >= 0.3 is 6.92 Å². The molecule has 3 heteroatoms. The van der Waals surface area contributed by atoms with E-state index >= 15 is 0 Å². The SMILES string of the molecule is CC.CCC(C)(C)OC.Cc1ccccc1-c1cc(-c2ccc(B3CC(C)(C)C(C)(C)O3)cc2)cc(-c2ccccc2)c1C. The van der Waals surface area contributed by atoms with Crippen LogP contribution in [0.4, 0.5) is 0 Å². The molecule has 1 aliphatic rings. The first-order valence-electron chi connectivity index (χ1n) is 16.4. The molecule has 5 rings (SSSR count). The zero-order valence-corrected chi connectivity index (χ0v) is 29.5.